The maximum Gasteiger partial charge on any atom is 0.226 e. The van der Waals surface area contributed by atoms with Crippen LogP contribution in [-0.4, -0.2) is 37.0 Å². The van der Waals surface area contributed by atoms with Crippen molar-refractivity contribution in [2.45, 2.75) is 18.8 Å². The van der Waals surface area contributed by atoms with Crippen LogP contribution in [0.3, 0.4) is 0 Å². The molecule has 1 aliphatic carbocycles. The average Bonchev–Trinajstić information content (AvgIpc) is 3.22. The number of rotatable bonds is 2. The van der Waals surface area contributed by atoms with Crippen LogP contribution in [0.25, 0.3) is 0 Å². The summed E-state index contributed by atoms with van der Waals surface area (Å²) < 4.78 is 1.10. The summed E-state index contributed by atoms with van der Waals surface area (Å²) in [4.78, 5) is 14.5. The summed E-state index contributed by atoms with van der Waals surface area (Å²) in [6, 6.07) is 8.35. The van der Waals surface area contributed by atoms with Crippen LogP contribution in [0.5, 0.6) is 0 Å². The molecule has 1 aromatic rings. The van der Waals surface area contributed by atoms with Gasteiger partial charge in [0.1, 0.15) is 0 Å². The van der Waals surface area contributed by atoms with E-state index < -0.39 is 0 Å². The fraction of sp³-hybridized carbons (Fsp3) is 0.533. The number of halogens is 2. The van der Waals surface area contributed by atoms with Crippen molar-refractivity contribution in [2.75, 3.05) is 26.2 Å². The van der Waals surface area contributed by atoms with Gasteiger partial charge in [-0.25, -0.2) is 0 Å². The van der Waals surface area contributed by atoms with Crippen molar-refractivity contribution in [3.05, 3.63) is 34.3 Å². The fourth-order valence-electron chi connectivity index (χ4n) is 2.87. The van der Waals surface area contributed by atoms with Gasteiger partial charge < -0.3 is 10.2 Å². The minimum Gasteiger partial charge on any atom is -0.341 e. The normalized spacial score (nSPS) is 25.6. The molecule has 1 amide bonds. The standard InChI is InChI=1S/C15H19BrN2O.ClH/c16-12-4-1-3-11(9-12)13-10-14(13)15(19)18-7-2-5-17-6-8-18;/h1,3-4,9,13-14,17H,2,5-8,10H2;1H. The van der Waals surface area contributed by atoms with Gasteiger partial charge in [0.25, 0.3) is 0 Å². The summed E-state index contributed by atoms with van der Waals surface area (Å²) in [5.74, 6) is 1.00. The van der Waals surface area contributed by atoms with Crippen LogP contribution >= 0.6 is 28.3 Å². The first-order chi connectivity index (χ1) is 9.25. The van der Waals surface area contributed by atoms with E-state index in [-0.39, 0.29) is 18.3 Å². The van der Waals surface area contributed by atoms with Crippen molar-refractivity contribution in [2.24, 2.45) is 5.92 Å². The molecule has 0 bridgehead atoms. The molecule has 0 spiro atoms. The third-order valence-corrected chi connectivity index (χ3v) is 4.53. The Labute approximate surface area is 134 Å². The lowest BCUT2D eigenvalue weighted by Gasteiger charge is -2.20. The monoisotopic (exact) mass is 358 g/mol. The molecule has 5 heteroatoms. The molecule has 0 aromatic heterocycles. The second-order valence-electron chi connectivity index (χ2n) is 5.43. The fourth-order valence-corrected chi connectivity index (χ4v) is 3.29. The van der Waals surface area contributed by atoms with Gasteiger partial charge in [-0.2, -0.15) is 0 Å². The van der Waals surface area contributed by atoms with Crippen LogP contribution in [0.2, 0.25) is 0 Å². The van der Waals surface area contributed by atoms with Gasteiger partial charge >= 0.3 is 0 Å². The van der Waals surface area contributed by atoms with Gasteiger partial charge in [0.2, 0.25) is 5.91 Å². The third-order valence-electron chi connectivity index (χ3n) is 4.04. The van der Waals surface area contributed by atoms with Crippen LogP contribution < -0.4 is 5.32 Å². The molecule has 3 nitrogen and oxygen atoms in total. The Balaban J connectivity index is 0.00000147. The van der Waals surface area contributed by atoms with E-state index in [2.05, 4.69) is 39.4 Å². The lowest BCUT2D eigenvalue weighted by atomic mass is 10.1. The highest BCUT2D eigenvalue weighted by Crippen LogP contribution is 2.48. The molecule has 0 radical (unpaired) electrons. The second kappa shape index (κ2) is 6.92. The molecule has 1 saturated carbocycles. The van der Waals surface area contributed by atoms with E-state index in [1.165, 1.54) is 5.56 Å². The van der Waals surface area contributed by atoms with E-state index in [0.717, 1.165) is 43.5 Å². The number of nitrogens with zero attached hydrogens (tertiary/aromatic N) is 1. The summed E-state index contributed by atoms with van der Waals surface area (Å²) in [5, 5.41) is 3.34. The largest absolute Gasteiger partial charge is 0.341 e. The van der Waals surface area contributed by atoms with Crippen molar-refractivity contribution in [1.29, 1.82) is 0 Å². The molecular weight excluding hydrogens is 340 g/mol. The van der Waals surface area contributed by atoms with Gasteiger partial charge in [0, 0.05) is 30.0 Å². The molecule has 2 unspecified atom stereocenters. The molecule has 1 N–H and O–H groups in total. The number of amides is 1. The number of hydrogen-bond donors (Lipinski definition) is 1. The third kappa shape index (κ3) is 3.54. The van der Waals surface area contributed by atoms with Crippen molar-refractivity contribution in [3.8, 4) is 0 Å². The number of carbonyl (C=O) groups is 1. The minimum atomic E-state index is 0. The maximum atomic E-state index is 12.5. The zero-order valence-corrected chi connectivity index (χ0v) is 13.8. The maximum absolute atomic E-state index is 12.5. The number of carbonyl (C=O) groups excluding carboxylic acids is 1. The molecule has 2 atom stereocenters. The van der Waals surface area contributed by atoms with E-state index in [9.17, 15) is 4.79 Å². The Morgan fingerprint density at radius 3 is 2.95 bits per heavy atom. The van der Waals surface area contributed by atoms with Crippen LogP contribution in [0, 0.1) is 5.92 Å². The van der Waals surface area contributed by atoms with E-state index >= 15 is 0 Å². The highest BCUT2D eigenvalue weighted by Gasteiger charge is 2.45. The predicted octanol–water partition coefficient (Wildman–Crippen LogP) is 2.80. The minimum absolute atomic E-state index is 0. The van der Waals surface area contributed by atoms with E-state index in [1.54, 1.807) is 0 Å². The molecular formula is C15H20BrClN2O. The molecule has 1 aromatic carbocycles. The van der Waals surface area contributed by atoms with Crippen molar-refractivity contribution in [1.82, 2.24) is 10.2 Å². The highest BCUT2D eigenvalue weighted by atomic mass is 79.9. The van der Waals surface area contributed by atoms with Crippen LogP contribution in [-0.2, 0) is 4.79 Å². The van der Waals surface area contributed by atoms with Gasteiger partial charge in [0.15, 0.2) is 0 Å². The first kappa shape index (κ1) is 15.8. The van der Waals surface area contributed by atoms with Crippen molar-refractivity contribution < 1.29 is 4.79 Å². The summed E-state index contributed by atoms with van der Waals surface area (Å²) in [6.07, 6.45) is 2.08. The van der Waals surface area contributed by atoms with Crippen LogP contribution in [0.4, 0.5) is 0 Å². The van der Waals surface area contributed by atoms with Crippen molar-refractivity contribution in [3.63, 3.8) is 0 Å². The summed E-state index contributed by atoms with van der Waals surface area (Å²) >= 11 is 3.50. The summed E-state index contributed by atoms with van der Waals surface area (Å²) in [7, 11) is 0. The molecule has 3 rings (SSSR count). The molecule has 1 aliphatic heterocycles. The molecule has 110 valence electrons. The summed E-state index contributed by atoms with van der Waals surface area (Å²) in [5.41, 5.74) is 1.29. The number of nitrogens with one attached hydrogen (secondary N) is 1. The van der Waals surface area contributed by atoms with Crippen LogP contribution in [0.15, 0.2) is 28.7 Å². The number of hydrogen-bond acceptors (Lipinski definition) is 2. The van der Waals surface area contributed by atoms with E-state index in [4.69, 9.17) is 0 Å². The predicted molar refractivity (Wildman–Crippen MR) is 86.3 cm³/mol. The highest BCUT2D eigenvalue weighted by molar-refractivity contribution is 9.10. The summed E-state index contributed by atoms with van der Waals surface area (Å²) in [6.45, 7) is 3.73. The Kier molecular flexibility index (Phi) is 5.47. The first-order valence-electron chi connectivity index (χ1n) is 7.00. The van der Waals surface area contributed by atoms with Crippen LogP contribution in [0.1, 0.15) is 24.3 Å². The lowest BCUT2D eigenvalue weighted by molar-refractivity contribution is -0.132. The van der Waals surface area contributed by atoms with Gasteiger partial charge in [-0.05, 0) is 43.0 Å². The van der Waals surface area contributed by atoms with E-state index in [0.29, 0.717) is 11.8 Å². The zero-order valence-electron chi connectivity index (χ0n) is 11.3. The zero-order chi connectivity index (χ0) is 13.2. The van der Waals surface area contributed by atoms with Gasteiger partial charge in [-0.1, -0.05) is 28.1 Å². The molecule has 2 aliphatic rings. The molecule has 1 saturated heterocycles. The first-order valence-corrected chi connectivity index (χ1v) is 7.80. The van der Waals surface area contributed by atoms with Crippen molar-refractivity contribution >= 4 is 34.2 Å². The quantitative estimate of drug-likeness (QED) is 0.880. The SMILES string of the molecule is Cl.O=C(C1CC1c1cccc(Br)c1)N1CCCNCC1. The Morgan fingerprint density at radius 1 is 1.30 bits per heavy atom. The molecule has 2 fully saturated rings. The Hall–Kier alpha value is -0.580. The average molecular weight is 360 g/mol. The molecule has 20 heavy (non-hydrogen) atoms. The second-order valence-corrected chi connectivity index (χ2v) is 6.35. The molecule has 1 heterocycles. The smallest absolute Gasteiger partial charge is 0.226 e. The van der Waals surface area contributed by atoms with Gasteiger partial charge in [0.05, 0.1) is 0 Å². The lowest BCUT2D eigenvalue weighted by Crippen LogP contribution is -2.35. The van der Waals surface area contributed by atoms with Gasteiger partial charge in [-0.3, -0.25) is 4.79 Å². The van der Waals surface area contributed by atoms with Gasteiger partial charge in [-0.15, -0.1) is 12.4 Å². The number of benzene rings is 1. The Bertz CT molecular complexity index is 475. The Morgan fingerprint density at radius 2 is 2.15 bits per heavy atom. The van der Waals surface area contributed by atoms with E-state index in [1.807, 2.05) is 11.0 Å². The topological polar surface area (TPSA) is 32.3 Å².